The van der Waals surface area contributed by atoms with Gasteiger partial charge in [-0.3, -0.25) is 4.79 Å². The number of esters is 1. The summed E-state index contributed by atoms with van der Waals surface area (Å²) >= 11 is 0. The van der Waals surface area contributed by atoms with E-state index < -0.39 is 18.3 Å². The van der Waals surface area contributed by atoms with Gasteiger partial charge >= 0.3 is 5.97 Å². The summed E-state index contributed by atoms with van der Waals surface area (Å²) < 4.78 is 5.12. The van der Waals surface area contributed by atoms with E-state index in [0.29, 0.717) is 38.5 Å². The number of unbranched alkanes of at least 4 members (excludes halogenated alkanes) is 1. The number of benzene rings is 1. The molecule has 5 heteroatoms. The van der Waals surface area contributed by atoms with Gasteiger partial charge in [-0.2, -0.15) is 0 Å². The van der Waals surface area contributed by atoms with Crippen LogP contribution < -0.4 is 0 Å². The van der Waals surface area contributed by atoms with Crippen molar-refractivity contribution in [3.63, 3.8) is 0 Å². The van der Waals surface area contributed by atoms with Gasteiger partial charge in [-0.15, -0.1) is 0 Å². The number of ether oxygens (including phenoxy) is 1. The lowest BCUT2D eigenvalue weighted by Gasteiger charge is -2.23. The molecule has 1 fully saturated rings. The van der Waals surface area contributed by atoms with Gasteiger partial charge in [-0.25, -0.2) is 0 Å². The van der Waals surface area contributed by atoms with Crippen molar-refractivity contribution in [1.29, 1.82) is 0 Å². The zero-order valence-electron chi connectivity index (χ0n) is 19.0. The molecule has 31 heavy (non-hydrogen) atoms. The SMILES string of the molecule is CC(C)OC(=O)CCC/C=C/C[C@H]1[C@@H](CC[C@@H](O)CCc2ccccc2)[C@@H](O)C[C@H]1O. The summed E-state index contributed by atoms with van der Waals surface area (Å²) in [6, 6.07) is 10.1. The van der Waals surface area contributed by atoms with Crippen molar-refractivity contribution in [2.24, 2.45) is 11.8 Å². The van der Waals surface area contributed by atoms with Gasteiger partial charge in [0.15, 0.2) is 0 Å². The van der Waals surface area contributed by atoms with Crippen molar-refractivity contribution in [1.82, 2.24) is 0 Å². The molecule has 0 heterocycles. The average Bonchev–Trinajstić information content (AvgIpc) is 3.00. The van der Waals surface area contributed by atoms with Crippen LogP contribution in [-0.4, -0.2) is 45.7 Å². The molecule has 0 radical (unpaired) electrons. The number of hydrogen-bond acceptors (Lipinski definition) is 5. The minimum Gasteiger partial charge on any atom is -0.463 e. The molecule has 0 amide bonds. The van der Waals surface area contributed by atoms with Crippen LogP contribution >= 0.6 is 0 Å². The highest BCUT2D eigenvalue weighted by atomic mass is 16.5. The zero-order valence-corrected chi connectivity index (χ0v) is 19.0. The number of aliphatic hydroxyl groups excluding tert-OH is 3. The summed E-state index contributed by atoms with van der Waals surface area (Å²) in [5.41, 5.74) is 1.22. The topological polar surface area (TPSA) is 87.0 Å². The molecule has 3 N–H and O–H groups in total. The van der Waals surface area contributed by atoms with Crippen molar-refractivity contribution >= 4 is 5.97 Å². The number of carbonyl (C=O) groups excluding carboxylic acids is 1. The minimum absolute atomic E-state index is 0.00652. The van der Waals surface area contributed by atoms with Gasteiger partial charge in [0.05, 0.1) is 24.4 Å². The first-order valence-corrected chi connectivity index (χ1v) is 11.8. The molecule has 1 saturated carbocycles. The summed E-state index contributed by atoms with van der Waals surface area (Å²) in [5.74, 6) is -0.144. The van der Waals surface area contributed by atoms with Crippen molar-refractivity contribution < 1.29 is 24.9 Å². The average molecular weight is 433 g/mol. The van der Waals surface area contributed by atoms with Gasteiger partial charge in [-0.1, -0.05) is 42.5 Å². The van der Waals surface area contributed by atoms with Crippen LogP contribution in [0.15, 0.2) is 42.5 Å². The van der Waals surface area contributed by atoms with E-state index in [9.17, 15) is 20.1 Å². The lowest BCUT2D eigenvalue weighted by molar-refractivity contribution is -0.147. The normalized spacial score (nSPS) is 24.7. The lowest BCUT2D eigenvalue weighted by atomic mass is 9.85. The Morgan fingerprint density at radius 3 is 2.52 bits per heavy atom. The lowest BCUT2D eigenvalue weighted by Crippen LogP contribution is -2.23. The van der Waals surface area contributed by atoms with E-state index in [1.54, 1.807) is 0 Å². The quantitative estimate of drug-likeness (QED) is 0.247. The Morgan fingerprint density at radius 1 is 1.10 bits per heavy atom. The number of hydrogen-bond donors (Lipinski definition) is 3. The highest BCUT2D eigenvalue weighted by Crippen LogP contribution is 2.38. The maximum atomic E-state index is 11.5. The largest absolute Gasteiger partial charge is 0.463 e. The third kappa shape index (κ3) is 9.55. The second-order valence-corrected chi connectivity index (χ2v) is 9.09. The van der Waals surface area contributed by atoms with Gasteiger partial charge in [0.25, 0.3) is 0 Å². The van der Waals surface area contributed by atoms with E-state index in [-0.39, 0.29) is 23.9 Å². The van der Waals surface area contributed by atoms with Crippen LogP contribution in [0.3, 0.4) is 0 Å². The molecule has 1 aliphatic rings. The fraction of sp³-hybridized carbons (Fsp3) is 0.654. The van der Waals surface area contributed by atoms with Crippen LogP contribution in [0.5, 0.6) is 0 Å². The van der Waals surface area contributed by atoms with E-state index in [2.05, 4.69) is 18.2 Å². The third-order valence-corrected chi connectivity index (χ3v) is 6.16. The predicted octanol–water partition coefficient (Wildman–Crippen LogP) is 4.19. The molecular formula is C26H40O5. The molecule has 2 rings (SSSR count). The summed E-state index contributed by atoms with van der Waals surface area (Å²) in [4.78, 5) is 11.5. The Labute approximate surface area is 187 Å². The molecule has 0 aliphatic heterocycles. The Balaban J connectivity index is 1.70. The number of rotatable bonds is 13. The number of allylic oxidation sites excluding steroid dienone is 2. The molecule has 5 nitrogen and oxygen atoms in total. The first kappa shape index (κ1) is 25.6. The predicted molar refractivity (Wildman–Crippen MR) is 122 cm³/mol. The van der Waals surface area contributed by atoms with Crippen molar-refractivity contribution in [2.75, 3.05) is 0 Å². The molecule has 1 aliphatic carbocycles. The van der Waals surface area contributed by atoms with Crippen molar-refractivity contribution in [2.45, 2.75) is 96.1 Å². The molecule has 0 unspecified atom stereocenters. The van der Waals surface area contributed by atoms with Gasteiger partial charge in [-0.05, 0) is 82.6 Å². The van der Waals surface area contributed by atoms with E-state index in [4.69, 9.17) is 4.74 Å². The van der Waals surface area contributed by atoms with E-state index in [1.807, 2.05) is 38.1 Å². The summed E-state index contributed by atoms with van der Waals surface area (Å²) in [7, 11) is 0. The van der Waals surface area contributed by atoms with Gasteiger partial charge in [0.1, 0.15) is 0 Å². The fourth-order valence-corrected chi connectivity index (χ4v) is 4.47. The second-order valence-electron chi connectivity index (χ2n) is 9.09. The highest BCUT2D eigenvalue weighted by molar-refractivity contribution is 5.69. The van der Waals surface area contributed by atoms with Crippen molar-refractivity contribution in [3.05, 3.63) is 48.0 Å². The minimum atomic E-state index is -0.513. The highest BCUT2D eigenvalue weighted by Gasteiger charge is 2.40. The monoisotopic (exact) mass is 432 g/mol. The van der Waals surface area contributed by atoms with Gasteiger partial charge < -0.3 is 20.1 Å². The summed E-state index contributed by atoms with van der Waals surface area (Å²) in [6.45, 7) is 3.69. The molecule has 0 saturated heterocycles. The van der Waals surface area contributed by atoms with Crippen LogP contribution in [0.2, 0.25) is 0 Å². The number of aliphatic hydroxyl groups is 3. The number of carbonyl (C=O) groups is 1. The number of aryl methyl sites for hydroxylation is 1. The Bertz CT molecular complexity index is 657. The fourth-order valence-electron chi connectivity index (χ4n) is 4.47. The van der Waals surface area contributed by atoms with Crippen LogP contribution in [0, 0.1) is 11.8 Å². The first-order valence-electron chi connectivity index (χ1n) is 11.8. The molecule has 1 aromatic carbocycles. The molecule has 0 bridgehead atoms. The summed E-state index contributed by atoms with van der Waals surface area (Å²) in [5, 5.41) is 31.2. The van der Waals surface area contributed by atoms with Crippen LogP contribution in [0.25, 0.3) is 0 Å². The standard InChI is InChI=1S/C26H40O5/c1-19(2)31-26(30)13-9-4-3-8-12-22-23(25(29)18-24(22)28)17-16-21(27)15-14-20-10-6-5-7-11-20/h3,5-8,10-11,19,21-25,27-29H,4,9,12-18H2,1-2H3/b8-3+/t21-,22-,23+,24+,25-/m0/s1. The van der Waals surface area contributed by atoms with E-state index in [0.717, 1.165) is 19.3 Å². The molecule has 1 aromatic rings. The molecule has 5 atom stereocenters. The Hall–Kier alpha value is -1.69. The maximum absolute atomic E-state index is 11.5. The Kier molecular flexibility index (Phi) is 11.3. The Morgan fingerprint density at radius 2 is 1.81 bits per heavy atom. The molecule has 0 spiro atoms. The smallest absolute Gasteiger partial charge is 0.306 e. The van der Waals surface area contributed by atoms with Crippen LogP contribution in [0.4, 0.5) is 0 Å². The maximum Gasteiger partial charge on any atom is 0.306 e. The zero-order chi connectivity index (χ0) is 22.6. The second kappa shape index (κ2) is 13.7. The van der Waals surface area contributed by atoms with E-state index in [1.165, 1.54) is 5.56 Å². The molecular weight excluding hydrogens is 392 g/mol. The van der Waals surface area contributed by atoms with Crippen molar-refractivity contribution in [3.8, 4) is 0 Å². The van der Waals surface area contributed by atoms with Crippen LogP contribution in [0.1, 0.15) is 70.8 Å². The third-order valence-electron chi connectivity index (χ3n) is 6.16. The van der Waals surface area contributed by atoms with Gasteiger partial charge in [0, 0.05) is 6.42 Å². The van der Waals surface area contributed by atoms with Crippen LogP contribution in [-0.2, 0) is 16.0 Å². The molecule has 0 aromatic heterocycles. The summed E-state index contributed by atoms with van der Waals surface area (Å²) in [6.07, 6.45) is 8.58. The van der Waals surface area contributed by atoms with E-state index >= 15 is 0 Å². The molecule has 174 valence electrons. The van der Waals surface area contributed by atoms with Gasteiger partial charge in [0.2, 0.25) is 0 Å². The first-order chi connectivity index (χ1) is 14.9.